The van der Waals surface area contributed by atoms with Crippen molar-refractivity contribution in [2.45, 2.75) is 26.2 Å². The first kappa shape index (κ1) is 19.6. The van der Waals surface area contributed by atoms with Crippen molar-refractivity contribution < 1.29 is 14.3 Å². The van der Waals surface area contributed by atoms with Crippen molar-refractivity contribution in [2.75, 3.05) is 31.2 Å². The second-order valence-electron chi connectivity index (χ2n) is 6.51. The fourth-order valence-corrected chi connectivity index (χ4v) is 3.05. The quantitative estimate of drug-likeness (QED) is 0.788. The van der Waals surface area contributed by atoms with Gasteiger partial charge in [0.05, 0.1) is 19.3 Å². The number of carbonyl (C=O) groups is 1. The summed E-state index contributed by atoms with van der Waals surface area (Å²) in [5.41, 5.74) is 1.81. The van der Waals surface area contributed by atoms with Crippen LogP contribution >= 0.6 is 11.6 Å². The smallest absolute Gasteiger partial charge is 0.246 e. The lowest BCUT2D eigenvalue weighted by Gasteiger charge is -2.32. The minimum atomic E-state index is -0.173. The van der Waals surface area contributed by atoms with Gasteiger partial charge in [0.2, 0.25) is 5.91 Å². The summed E-state index contributed by atoms with van der Waals surface area (Å²) >= 11 is 6.06. The molecule has 1 saturated heterocycles. The van der Waals surface area contributed by atoms with Crippen LogP contribution in [0.4, 0.5) is 5.82 Å². The summed E-state index contributed by atoms with van der Waals surface area (Å²) < 4.78 is 11.0. The molecule has 2 heterocycles. The van der Waals surface area contributed by atoms with Gasteiger partial charge in [-0.1, -0.05) is 35.9 Å². The van der Waals surface area contributed by atoms with E-state index >= 15 is 0 Å². The van der Waals surface area contributed by atoms with Gasteiger partial charge in [0.25, 0.3) is 0 Å². The maximum Gasteiger partial charge on any atom is 0.246 e. The monoisotopic (exact) mass is 389 g/mol. The topological polar surface area (TPSA) is 63.7 Å². The van der Waals surface area contributed by atoms with Crippen LogP contribution in [0.1, 0.15) is 18.1 Å². The van der Waals surface area contributed by atoms with Crippen molar-refractivity contribution in [3.8, 4) is 0 Å². The van der Waals surface area contributed by atoms with Gasteiger partial charge in [-0.2, -0.15) is 0 Å². The molecule has 1 aliphatic heterocycles. The number of anilines is 1. The minimum Gasteiger partial charge on any atom is -0.375 e. The lowest BCUT2D eigenvalue weighted by molar-refractivity contribution is -0.126. The van der Waals surface area contributed by atoms with Crippen LogP contribution in [0.15, 0.2) is 42.6 Å². The average Bonchev–Trinajstić information content (AvgIpc) is 2.68. The number of amides is 1. The number of hydrogen-bond acceptors (Lipinski definition) is 5. The number of morpholine rings is 1. The van der Waals surface area contributed by atoms with Crippen molar-refractivity contribution in [3.63, 3.8) is 0 Å². The molecule has 1 aliphatic rings. The van der Waals surface area contributed by atoms with Crippen molar-refractivity contribution in [1.82, 2.24) is 10.3 Å². The predicted octanol–water partition coefficient (Wildman–Crippen LogP) is 2.79. The molecule has 1 N–H and O–H groups in total. The summed E-state index contributed by atoms with van der Waals surface area (Å²) in [6, 6.07) is 11.4. The fourth-order valence-electron chi connectivity index (χ4n) is 2.86. The Morgan fingerprint density at radius 3 is 2.96 bits per heavy atom. The van der Waals surface area contributed by atoms with E-state index in [0.717, 1.165) is 36.6 Å². The standard InChI is InChI=1S/C20H24ClN3O3/c1-15-12-24(8-9-27-15)19-7-6-16(10-22-19)11-23-20(25)14-26-13-17-4-2-3-5-18(17)21/h2-7,10,15H,8-9,11-14H2,1H3,(H,23,25). The number of nitrogens with zero attached hydrogens (tertiary/aromatic N) is 2. The van der Waals surface area contributed by atoms with Gasteiger partial charge in [0, 0.05) is 30.9 Å². The van der Waals surface area contributed by atoms with Gasteiger partial charge in [-0.05, 0) is 30.2 Å². The van der Waals surface area contributed by atoms with Crippen LogP contribution in [0.2, 0.25) is 5.02 Å². The first-order chi connectivity index (χ1) is 13.1. The van der Waals surface area contributed by atoms with Crippen LogP contribution < -0.4 is 10.2 Å². The number of halogens is 1. The van der Waals surface area contributed by atoms with Crippen molar-refractivity contribution in [2.24, 2.45) is 0 Å². The van der Waals surface area contributed by atoms with Crippen LogP contribution in [0.25, 0.3) is 0 Å². The number of hydrogen-bond donors (Lipinski definition) is 1. The molecule has 1 atom stereocenters. The Morgan fingerprint density at radius 1 is 1.37 bits per heavy atom. The second kappa shape index (κ2) is 9.69. The van der Waals surface area contributed by atoms with E-state index in [2.05, 4.69) is 22.1 Å². The van der Waals surface area contributed by atoms with E-state index in [0.29, 0.717) is 18.2 Å². The Morgan fingerprint density at radius 2 is 2.22 bits per heavy atom. The van der Waals surface area contributed by atoms with Crippen molar-refractivity contribution in [3.05, 3.63) is 58.7 Å². The van der Waals surface area contributed by atoms with Gasteiger partial charge in [-0.15, -0.1) is 0 Å². The first-order valence-electron chi connectivity index (χ1n) is 9.01. The largest absolute Gasteiger partial charge is 0.375 e. The normalized spacial score (nSPS) is 17.0. The van der Waals surface area contributed by atoms with Crippen LogP contribution in [-0.2, 0) is 27.4 Å². The Bertz CT molecular complexity index is 754. The first-order valence-corrected chi connectivity index (χ1v) is 9.39. The molecular weight excluding hydrogens is 366 g/mol. The minimum absolute atomic E-state index is 0.0115. The Kier molecular flexibility index (Phi) is 7.04. The molecule has 0 radical (unpaired) electrons. The highest BCUT2D eigenvalue weighted by atomic mass is 35.5. The molecule has 1 amide bonds. The molecule has 7 heteroatoms. The second-order valence-corrected chi connectivity index (χ2v) is 6.92. The van der Waals surface area contributed by atoms with E-state index in [-0.39, 0.29) is 18.6 Å². The zero-order valence-electron chi connectivity index (χ0n) is 15.4. The zero-order chi connectivity index (χ0) is 19.1. The van der Waals surface area contributed by atoms with Gasteiger partial charge in [-0.3, -0.25) is 4.79 Å². The Labute approximate surface area is 164 Å². The third-order valence-electron chi connectivity index (χ3n) is 4.31. The molecule has 2 aromatic rings. The third-order valence-corrected chi connectivity index (χ3v) is 4.68. The van der Waals surface area contributed by atoms with Crippen LogP contribution in [0.5, 0.6) is 0 Å². The average molecular weight is 390 g/mol. The highest BCUT2D eigenvalue weighted by Gasteiger charge is 2.17. The van der Waals surface area contributed by atoms with E-state index in [4.69, 9.17) is 21.1 Å². The SMILES string of the molecule is CC1CN(c2ccc(CNC(=O)COCc3ccccc3Cl)cn2)CCO1. The van der Waals surface area contributed by atoms with Gasteiger partial charge in [-0.25, -0.2) is 4.98 Å². The number of ether oxygens (including phenoxy) is 2. The summed E-state index contributed by atoms with van der Waals surface area (Å²) in [6.07, 6.45) is 2.01. The molecular formula is C20H24ClN3O3. The molecule has 0 bridgehead atoms. The summed E-state index contributed by atoms with van der Waals surface area (Å²) in [5, 5.41) is 3.47. The highest BCUT2D eigenvalue weighted by molar-refractivity contribution is 6.31. The van der Waals surface area contributed by atoms with Crippen LogP contribution in [-0.4, -0.2) is 43.3 Å². The van der Waals surface area contributed by atoms with Crippen molar-refractivity contribution >= 4 is 23.3 Å². The van der Waals surface area contributed by atoms with Crippen LogP contribution in [0.3, 0.4) is 0 Å². The predicted molar refractivity (Wildman–Crippen MR) is 105 cm³/mol. The maximum absolute atomic E-state index is 11.9. The summed E-state index contributed by atoms with van der Waals surface area (Å²) in [6.45, 7) is 5.17. The van der Waals surface area contributed by atoms with Gasteiger partial charge in [0.15, 0.2) is 0 Å². The molecule has 1 fully saturated rings. The molecule has 0 saturated carbocycles. The number of rotatable bonds is 7. The zero-order valence-corrected chi connectivity index (χ0v) is 16.1. The third kappa shape index (κ3) is 5.92. The molecule has 1 unspecified atom stereocenters. The van der Waals surface area contributed by atoms with Gasteiger partial charge < -0.3 is 19.7 Å². The lowest BCUT2D eigenvalue weighted by Crippen LogP contribution is -2.41. The molecule has 0 aliphatic carbocycles. The molecule has 0 spiro atoms. The van der Waals surface area contributed by atoms with Crippen molar-refractivity contribution in [1.29, 1.82) is 0 Å². The highest BCUT2D eigenvalue weighted by Crippen LogP contribution is 2.16. The van der Waals surface area contributed by atoms with Gasteiger partial charge in [0.1, 0.15) is 12.4 Å². The van der Waals surface area contributed by atoms with E-state index in [1.807, 2.05) is 30.3 Å². The molecule has 27 heavy (non-hydrogen) atoms. The number of benzene rings is 1. The lowest BCUT2D eigenvalue weighted by atomic mass is 10.2. The van der Waals surface area contributed by atoms with E-state index in [9.17, 15) is 4.79 Å². The Balaban J connectivity index is 1.40. The summed E-state index contributed by atoms with van der Waals surface area (Å²) in [4.78, 5) is 18.6. The molecule has 1 aromatic heterocycles. The fraction of sp³-hybridized carbons (Fsp3) is 0.400. The van der Waals surface area contributed by atoms with Gasteiger partial charge >= 0.3 is 0 Å². The summed E-state index contributed by atoms with van der Waals surface area (Å²) in [7, 11) is 0. The molecule has 6 nitrogen and oxygen atoms in total. The number of pyridine rings is 1. The number of carbonyl (C=O) groups excluding carboxylic acids is 1. The Hall–Kier alpha value is -2.15. The molecule has 3 rings (SSSR count). The van der Waals surface area contributed by atoms with E-state index in [1.165, 1.54) is 0 Å². The van der Waals surface area contributed by atoms with E-state index < -0.39 is 0 Å². The maximum atomic E-state index is 11.9. The molecule has 144 valence electrons. The summed E-state index contributed by atoms with van der Waals surface area (Å²) in [5.74, 6) is 0.761. The molecule has 1 aromatic carbocycles. The van der Waals surface area contributed by atoms with Crippen LogP contribution in [0, 0.1) is 0 Å². The van der Waals surface area contributed by atoms with E-state index in [1.54, 1.807) is 12.3 Å². The number of nitrogens with one attached hydrogen (secondary N) is 1. The number of aromatic nitrogens is 1.